The number of nitrogens with zero attached hydrogens (tertiary/aromatic N) is 1. The highest BCUT2D eigenvalue weighted by atomic mass is 32.1. The second kappa shape index (κ2) is 7.82. The van der Waals surface area contributed by atoms with Crippen LogP contribution in [-0.4, -0.2) is 49.0 Å². The molecular weight excluding hydrogens is 234 g/mol. The van der Waals surface area contributed by atoms with E-state index in [-0.39, 0.29) is 0 Å². The van der Waals surface area contributed by atoms with Crippen LogP contribution in [0.4, 0.5) is 0 Å². The van der Waals surface area contributed by atoms with Gasteiger partial charge in [-0.1, -0.05) is 6.07 Å². The second-order valence-electron chi connectivity index (χ2n) is 4.39. The van der Waals surface area contributed by atoms with Crippen LogP contribution < -0.4 is 0 Å². The fourth-order valence-corrected chi connectivity index (χ4v) is 2.52. The van der Waals surface area contributed by atoms with Crippen molar-refractivity contribution in [3.05, 3.63) is 22.4 Å². The van der Waals surface area contributed by atoms with Gasteiger partial charge in [0.1, 0.15) is 0 Å². The lowest BCUT2D eigenvalue weighted by molar-refractivity contribution is 0.0198. The third kappa shape index (κ3) is 5.64. The van der Waals surface area contributed by atoms with Gasteiger partial charge in [-0.2, -0.15) is 0 Å². The lowest BCUT2D eigenvalue weighted by atomic mass is 10.1. The molecule has 0 bridgehead atoms. The molecule has 17 heavy (non-hydrogen) atoms. The zero-order valence-electron chi connectivity index (χ0n) is 10.9. The molecule has 0 radical (unpaired) electrons. The molecule has 4 heteroatoms. The number of ether oxygens (including phenoxy) is 1. The number of aliphatic hydroxyl groups is 1. The summed E-state index contributed by atoms with van der Waals surface area (Å²) in [5, 5.41) is 11.9. The minimum absolute atomic E-state index is 0.397. The van der Waals surface area contributed by atoms with Gasteiger partial charge in [-0.25, -0.2) is 0 Å². The zero-order chi connectivity index (χ0) is 12.7. The first-order valence-electron chi connectivity index (χ1n) is 6.12. The Kier molecular flexibility index (Phi) is 6.73. The number of hydrogen-bond acceptors (Lipinski definition) is 4. The summed E-state index contributed by atoms with van der Waals surface area (Å²) in [5.41, 5.74) is 0. The molecule has 1 N–H and O–H groups in total. The SMILES string of the molecule is CCOCC(O)CN(C)C(C)Cc1cccs1. The molecule has 0 saturated carbocycles. The molecule has 1 heterocycles. The average Bonchev–Trinajstić information content (AvgIpc) is 2.78. The Morgan fingerprint density at radius 3 is 2.88 bits per heavy atom. The van der Waals surface area contributed by atoms with E-state index < -0.39 is 6.10 Å². The summed E-state index contributed by atoms with van der Waals surface area (Å²) >= 11 is 1.79. The van der Waals surface area contributed by atoms with Crippen LogP contribution in [0.1, 0.15) is 18.7 Å². The van der Waals surface area contributed by atoms with Gasteiger partial charge >= 0.3 is 0 Å². The van der Waals surface area contributed by atoms with Crippen molar-refractivity contribution in [2.24, 2.45) is 0 Å². The number of rotatable bonds is 8. The van der Waals surface area contributed by atoms with Crippen LogP contribution >= 0.6 is 11.3 Å². The molecule has 0 fully saturated rings. The molecule has 1 aromatic rings. The number of thiophene rings is 1. The molecule has 0 aliphatic heterocycles. The summed E-state index contributed by atoms with van der Waals surface area (Å²) in [6, 6.07) is 4.67. The van der Waals surface area contributed by atoms with Gasteiger partial charge in [0, 0.05) is 24.1 Å². The van der Waals surface area contributed by atoms with E-state index in [9.17, 15) is 5.11 Å². The lowest BCUT2D eigenvalue weighted by Gasteiger charge is -2.26. The fourth-order valence-electron chi connectivity index (χ4n) is 1.69. The van der Waals surface area contributed by atoms with Gasteiger partial charge in [0.2, 0.25) is 0 Å². The first-order valence-corrected chi connectivity index (χ1v) is 6.99. The molecule has 98 valence electrons. The van der Waals surface area contributed by atoms with E-state index >= 15 is 0 Å². The number of aliphatic hydroxyl groups excluding tert-OH is 1. The van der Waals surface area contributed by atoms with E-state index in [0.717, 1.165) is 6.42 Å². The molecule has 2 unspecified atom stereocenters. The predicted octanol–water partition coefficient (Wildman–Crippen LogP) is 2.01. The van der Waals surface area contributed by atoms with Crippen LogP contribution in [0.2, 0.25) is 0 Å². The van der Waals surface area contributed by atoms with Crippen molar-refractivity contribution < 1.29 is 9.84 Å². The van der Waals surface area contributed by atoms with Gasteiger partial charge in [0.15, 0.2) is 0 Å². The first-order chi connectivity index (χ1) is 8.13. The van der Waals surface area contributed by atoms with Crippen molar-refractivity contribution in [1.82, 2.24) is 4.90 Å². The van der Waals surface area contributed by atoms with Gasteiger partial charge in [-0.15, -0.1) is 11.3 Å². The Labute approximate surface area is 108 Å². The zero-order valence-corrected chi connectivity index (χ0v) is 11.7. The third-order valence-electron chi connectivity index (χ3n) is 2.84. The standard InChI is InChI=1S/C13H23NO2S/c1-4-16-10-12(15)9-14(3)11(2)8-13-6-5-7-17-13/h5-7,11-12,15H,4,8-10H2,1-3H3. The lowest BCUT2D eigenvalue weighted by Crippen LogP contribution is -2.38. The maximum atomic E-state index is 9.76. The maximum absolute atomic E-state index is 9.76. The summed E-state index contributed by atoms with van der Waals surface area (Å²) in [4.78, 5) is 3.58. The van der Waals surface area contributed by atoms with E-state index in [4.69, 9.17) is 4.74 Å². The highest BCUT2D eigenvalue weighted by Crippen LogP contribution is 2.13. The monoisotopic (exact) mass is 257 g/mol. The minimum Gasteiger partial charge on any atom is -0.389 e. The van der Waals surface area contributed by atoms with Crippen LogP contribution in [-0.2, 0) is 11.2 Å². The normalized spacial score (nSPS) is 15.1. The Morgan fingerprint density at radius 2 is 2.29 bits per heavy atom. The first kappa shape index (κ1) is 14.6. The van der Waals surface area contributed by atoms with E-state index in [0.29, 0.717) is 25.8 Å². The van der Waals surface area contributed by atoms with Gasteiger partial charge in [-0.05, 0) is 38.8 Å². The Hall–Kier alpha value is -0.420. The Morgan fingerprint density at radius 1 is 1.53 bits per heavy atom. The Balaban J connectivity index is 2.28. The fraction of sp³-hybridized carbons (Fsp3) is 0.692. The molecule has 0 spiro atoms. The summed E-state index contributed by atoms with van der Waals surface area (Å²) in [5.74, 6) is 0. The molecule has 0 amide bonds. The van der Waals surface area contributed by atoms with E-state index in [2.05, 4.69) is 29.3 Å². The summed E-state index contributed by atoms with van der Waals surface area (Å²) < 4.78 is 5.21. The van der Waals surface area contributed by atoms with Crippen LogP contribution in [0.15, 0.2) is 17.5 Å². The third-order valence-corrected chi connectivity index (χ3v) is 3.74. The van der Waals surface area contributed by atoms with Gasteiger partial charge < -0.3 is 14.7 Å². The van der Waals surface area contributed by atoms with Crippen LogP contribution in [0.25, 0.3) is 0 Å². The van der Waals surface area contributed by atoms with Gasteiger partial charge in [0.05, 0.1) is 12.7 Å². The number of likely N-dealkylation sites (N-methyl/N-ethyl adjacent to an activating group) is 1. The van der Waals surface area contributed by atoms with E-state index in [1.165, 1.54) is 4.88 Å². The highest BCUT2D eigenvalue weighted by Gasteiger charge is 2.14. The average molecular weight is 257 g/mol. The second-order valence-corrected chi connectivity index (χ2v) is 5.42. The molecule has 0 saturated heterocycles. The van der Waals surface area contributed by atoms with Crippen molar-refractivity contribution >= 4 is 11.3 Å². The van der Waals surface area contributed by atoms with Crippen LogP contribution in [0.3, 0.4) is 0 Å². The highest BCUT2D eigenvalue weighted by molar-refractivity contribution is 7.09. The summed E-state index contributed by atoms with van der Waals surface area (Å²) in [6.07, 6.45) is 0.640. The molecular formula is C13H23NO2S. The van der Waals surface area contributed by atoms with Crippen LogP contribution in [0.5, 0.6) is 0 Å². The maximum Gasteiger partial charge on any atom is 0.0900 e. The van der Waals surface area contributed by atoms with Gasteiger partial charge in [0.25, 0.3) is 0 Å². The van der Waals surface area contributed by atoms with Crippen molar-refractivity contribution in [3.8, 4) is 0 Å². The smallest absolute Gasteiger partial charge is 0.0900 e. The van der Waals surface area contributed by atoms with Crippen LogP contribution in [0, 0.1) is 0 Å². The van der Waals surface area contributed by atoms with Crippen molar-refractivity contribution in [3.63, 3.8) is 0 Å². The number of hydrogen-bond donors (Lipinski definition) is 1. The molecule has 1 aromatic heterocycles. The molecule has 2 atom stereocenters. The topological polar surface area (TPSA) is 32.7 Å². The summed E-state index contributed by atoms with van der Waals surface area (Å²) in [6.45, 7) is 5.87. The molecule has 1 rings (SSSR count). The van der Waals surface area contributed by atoms with Crippen molar-refractivity contribution in [2.45, 2.75) is 32.4 Å². The van der Waals surface area contributed by atoms with Gasteiger partial charge in [-0.3, -0.25) is 0 Å². The molecule has 3 nitrogen and oxygen atoms in total. The predicted molar refractivity (Wildman–Crippen MR) is 72.6 cm³/mol. The molecule has 0 aliphatic rings. The van der Waals surface area contributed by atoms with E-state index in [1.807, 2.05) is 14.0 Å². The summed E-state index contributed by atoms with van der Waals surface area (Å²) in [7, 11) is 2.05. The van der Waals surface area contributed by atoms with E-state index in [1.54, 1.807) is 11.3 Å². The van der Waals surface area contributed by atoms with Crippen molar-refractivity contribution in [2.75, 3.05) is 26.8 Å². The Bertz CT molecular complexity index is 290. The minimum atomic E-state index is -0.397. The molecule has 0 aliphatic carbocycles. The molecule has 0 aromatic carbocycles. The quantitative estimate of drug-likeness (QED) is 0.773. The largest absolute Gasteiger partial charge is 0.389 e. The van der Waals surface area contributed by atoms with Crippen molar-refractivity contribution in [1.29, 1.82) is 0 Å².